The number of carbonyl (C=O) groups is 1. The average Bonchev–Trinajstić information content (AvgIpc) is 2.67. The monoisotopic (exact) mass is 389 g/mol. The molecule has 0 aliphatic rings. The summed E-state index contributed by atoms with van der Waals surface area (Å²) in [5, 5.41) is 8.82. The molecule has 1 heterocycles. The van der Waals surface area contributed by atoms with Crippen LogP contribution >= 0.6 is 0 Å². The number of hydrogen-bond acceptors (Lipinski definition) is 4. The normalized spacial score (nSPS) is 11.1. The molecule has 1 amide bonds. The average molecular weight is 389 g/mol. The highest BCUT2D eigenvalue weighted by Crippen LogP contribution is 2.31. The first-order valence-electron chi connectivity index (χ1n) is 8.07. The van der Waals surface area contributed by atoms with E-state index in [2.05, 4.69) is 15.5 Å². The molecule has 9 heteroatoms. The second-order valence-electron chi connectivity index (χ2n) is 5.75. The summed E-state index contributed by atoms with van der Waals surface area (Å²) in [5.41, 5.74) is 0.429. The van der Waals surface area contributed by atoms with E-state index in [1.165, 1.54) is 24.3 Å². The summed E-state index contributed by atoms with van der Waals surface area (Å²) < 4.78 is 43.2. The Morgan fingerprint density at radius 2 is 1.86 bits per heavy atom. The number of anilines is 1. The molecule has 1 aromatic heterocycles. The number of H-pyrrole nitrogens is 1. The van der Waals surface area contributed by atoms with Crippen LogP contribution in [0.1, 0.15) is 5.56 Å². The molecule has 0 radical (unpaired) electrons. The molecule has 0 bridgehead atoms. The zero-order valence-corrected chi connectivity index (χ0v) is 14.3. The van der Waals surface area contributed by atoms with E-state index in [1.807, 2.05) is 0 Å². The van der Waals surface area contributed by atoms with Crippen LogP contribution in [0.15, 0.2) is 65.5 Å². The van der Waals surface area contributed by atoms with Crippen LogP contribution in [0.3, 0.4) is 0 Å². The quantitative estimate of drug-likeness (QED) is 0.700. The van der Waals surface area contributed by atoms with Gasteiger partial charge in [0.05, 0.1) is 11.3 Å². The molecule has 0 saturated heterocycles. The predicted octanol–water partition coefficient (Wildman–Crippen LogP) is 3.47. The fraction of sp³-hybridized carbons (Fsp3) is 0.105. The summed E-state index contributed by atoms with van der Waals surface area (Å²) in [7, 11) is 0. The summed E-state index contributed by atoms with van der Waals surface area (Å²) in [4.78, 5) is 23.1. The Morgan fingerprint density at radius 1 is 1.07 bits per heavy atom. The summed E-state index contributed by atoms with van der Waals surface area (Å²) in [6.45, 7) is -0.456. The number of nitrogens with one attached hydrogen (secondary N) is 2. The van der Waals surface area contributed by atoms with Crippen molar-refractivity contribution >= 4 is 11.6 Å². The standard InChI is InChI=1S/C19H14F3N3O3/c20-19(21,22)13-4-2-6-15(10-13)28-11-18(27)23-14-5-1-3-12(9-14)16-7-8-17(26)25-24-16/h1-10H,11H2,(H,23,27)(H,25,26). The molecule has 0 atom stereocenters. The lowest BCUT2D eigenvalue weighted by molar-refractivity contribution is -0.137. The lowest BCUT2D eigenvalue weighted by atomic mass is 10.1. The Morgan fingerprint density at radius 3 is 2.57 bits per heavy atom. The van der Waals surface area contributed by atoms with Crippen molar-refractivity contribution in [2.45, 2.75) is 6.18 Å². The number of aromatic amines is 1. The number of nitrogens with zero attached hydrogens (tertiary/aromatic N) is 1. The Labute approximate surface area is 157 Å². The molecule has 2 N–H and O–H groups in total. The molecule has 3 rings (SSSR count). The molecular weight excluding hydrogens is 375 g/mol. The van der Waals surface area contributed by atoms with Crippen LogP contribution in [0, 0.1) is 0 Å². The van der Waals surface area contributed by atoms with Crippen molar-refractivity contribution < 1.29 is 22.7 Å². The summed E-state index contributed by atoms with van der Waals surface area (Å²) >= 11 is 0. The first-order chi connectivity index (χ1) is 13.3. The molecule has 3 aromatic rings. The van der Waals surface area contributed by atoms with Crippen LogP contribution in [-0.2, 0) is 11.0 Å². The number of ether oxygens (including phenoxy) is 1. The number of benzene rings is 2. The van der Waals surface area contributed by atoms with Crippen molar-refractivity contribution in [3.05, 3.63) is 76.6 Å². The number of rotatable bonds is 5. The van der Waals surface area contributed by atoms with Gasteiger partial charge in [0, 0.05) is 17.3 Å². The zero-order chi connectivity index (χ0) is 20.1. The second kappa shape index (κ2) is 7.95. The van der Waals surface area contributed by atoms with Crippen LogP contribution in [0.5, 0.6) is 5.75 Å². The number of halogens is 3. The Kier molecular flexibility index (Phi) is 5.44. The highest BCUT2D eigenvalue weighted by molar-refractivity contribution is 5.92. The SMILES string of the molecule is O=C(COc1cccc(C(F)(F)F)c1)Nc1cccc(-c2ccc(=O)[nH]n2)c1. The smallest absolute Gasteiger partial charge is 0.416 e. The van der Waals surface area contributed by atoms with Gasteiger partial charge in [-0.1, -0.05) is 18.2 Å². The maximum atomic E-state index is 12.7. The molecule has 0 spiro atoms. The fourth-order valence-corrected chi connectivity index (χ4v) is 2.37. The third kappa shape index (κ3) is 4.97. The van der Waals surface area contributed by atoms with Crippen molar-refractivity contribution in [2.24, 2.45) is 0 Å². The molecule has 6 nitrogen and oxygen atoms in total. The van der Waals surface area contributed by atoms with Crippen molar-refractivity contribution in [3.8, 4) is 17.0 Å². The van der Waals surface area contributed by atoms with E-state index in [0.29, 0.717) is 16.9 Å². The molecule has 2 aromatic carbocycles. The third-order valence-electron chi connectivity index (χ3n) is 3.65. The number of hydrogen-bond donors (Lipinski definition) is 2. The van der Waals surface area contributed by atoms with Gasteiger partial charge in [-0.15, -0.1) is 0 Å². The van der Waals surface area contributed by atoms with Crippen molar-refractivity contribution in [3.63, 3.8) is 0 Å². The van der Waals surface area contributed by atoms with Gasteiger partial charge < -0.3 is 10.1 Å². The molecule has 0 aliphatic carbocycles. The fourth-order valence-electron chi connectivity index (χ4n) is 2.37. The van der Waals surface area contributed by atoms with Gasteiger partial charge in [-0.3, -0.25) is 9.59 Å². The first kappa shape index (κ1) is 19.2. The maximum absolute atomic E-state index is 12.7. The summed E-state index contributed by atoms with van der Waals surface area (Å²) in [6.07, 6.45) is -4.49. The number of amides is 1. The third-order valence-corrected chi connectivity index (χ3v) is 3.65. The minimum atomic E-state index is -4.49. The van der Waals surface area contributed by atoms with Crippen LogP contribution in [0.2, 0.25) is 0 Å². The largest absolute Gasteiger partial charge is 0.484 e. The van der Waals surface area contributed by atoms with E-state index in [9.17, 15) is 22.8 Å². The van der Waals surface area contributed by atoms with Crippen molar-refractivity contribution in [1.29, 1.82) is 0 Å². The highest BCUT2D eigenvalue weighted by atomic mass is 19.4. The molecule has 0 aliphatic heterocycles. The number of alkyl halides is 3. The van der Waals surface area contributed by atoms with Gasteiger partial charge in [0.1, 0.15) is 5.75 Å². The van der Waals surface area contributed by atoms with E-state index in [4.69, 9.17) is 4.74 Å². The van der Waals surface area contributed by atoms with Gasteiger partial charge in [-0.2, -0.15) is 18.3 Å². The van der Waals surface area contributed by atoms with Gasteiger partial charge in [0.15, 0.2) is 6.61 Å². The second-order valence-corrected chi connectivity index (χ2v) is 5.75. The molecular formula is C19H14F3N3O3. The van der Waals surface area contributed by atoms with Gasteiger partial charge in [-0.25, -0.2) is 5.10 Å². The van der Waals surface area contributed by atoms with Gasteiger partial charge in [0.2, 0.25) is 0 Å². The molecule has 28 heavy (non-hydrogen) atoms. The van der Waals surface area contributed by atoms with E-state index in [1.54, 1.807) is 24.3 Å². The van der Waals surface area contributed by atoms with E-state index >= 15 is 0 Å². The van der Waals surface area contributed by atoms with Crippen LogP contribution in [0.4, 0.5) is 18.9 Å². The lowest BCUT2D eigenvalue weighted by Gasteiger charge is -2.11. The van der Waals surface area contributed by atoms with Gasteiger partial charge in [-0.05, 0) is 36.4 Å². The van der Waals surface area contributed by atoms with Crippen LogP contribution in [0.25, 0.3) is 11.3 Å². The minimum absolute atomic E-state index is 0.0591. The topological polar surface area (TPSA) is 84.1 Å². The van der Waals surface area contributed by atoms with E-state index in [0.717, 1.165) is 12.1 Å². The van der Waals surface area contributed by atoms with Gasteiger partial charge in [0.25, 0.3) is 11.5 Å². The van der Waals surface area contributed by atoms with E-state index in [-0.39, 0.29) is 11.3 Å². The maximum Gasteiger partial charge on any atom is 0.416 e. The Balaban J connectivity index is 1.63. The Hall–Kier alpha value is -3.62. The Bertz CT molecular complexity index is 1030. The van der Waals surface area contributed by atoms with Crippen LogP contribution < -0.4 is 15.6 Å². The summed E-state index contributed by atoms with van der Waals surface area (Å²) in [5.74, 6) is -0.597. The van der Waals surface area contributed by atoms with Crippen molar-refractivity contribution in [2.75, 3.05) is 11.9 Å². The minimum Gasteiger partial charge on any atom is -0.484 e. The molecule has 0 saturated carbocycles. The zero-order valence-electron chi connectivity index (χ0n) is 14.3. The van der Waals surface area contributed by atoms with Gasteiger partial charge >= 0.3 is 6.18 Å². The van der Waals surface area contributed by atoms with E-state index < -0.39 is 24.3 Å². The molecule has 0 fully saturated rings. The molecule has 144 valence electrons. The van der Waals surface area contributed by atoms with Crippen LogP contribution in [-0.4, -0.2) is 22.7 Å². The summed E-state index contributed by atoms with van der Waals surface area (Å²) in [6, 6.07) is 13.9. The van der Waals surface area contributed by atoms with Crippen molar-refractivity contribution in [1.82, 2.24) is 10.2 Å². The molecule has 0 unspecified atom stereocenters. The first-order valence-corrected chi connectivity index (χ1v) is 8.07. The predicted molar refractivity (Wildman–Crippen MR) is 95.9 cm³/mol. The number of carbonyl (C=O) groups excluding carboxylic acids is 1. The number of aromatic nitrogens is 2. The highest BCUT2D eigenvalue weighted by Gasteiger charge is 2.30. The lowest BCUT2D eigenvalue weighted by Crippen LogP contribution is -2.20.